The van der Waals surface area contributed by atoms with Crippen molar-refractivity contribution in [2.75, 3.05) is 18.4 Å². The van der Waals surface area contributed by atoms with Crippen LogP contribution in [0.3, 0.4) is 0 Å². The minimum Gasteiger partial charge on any atom is -0.383 e. The summed E-state index contributed by atoms with van der Waals surface area (Å²) >= 11 is 0. The maximum atomic E-state index is 8.95. The van der Waals surface area contributed by atoms with Gasteiger partial charge in [0.05, 0.1) is 17.4 Å². The van der Waals surface area contributed by atoms with Gasteiger partial charge in [-0.1, -0.05) is 6.07 Å². The van der Waals surface area contributed by atoms with Gasteiger partial charge in [0.2, 0.25) is 0 Å². The first kappa shape index (κ1) is 14.0. The highest BCUT2D eigenvalue weighted by atomic mass is 14.9. The number of aromatic nitrogens is 2. The topological polar surface area (TPSA) is 73.6 Å². The van der Waals surface area contributed by atoms with E-state index in [1.807, 2.05) is 18.3 Å². The smallest absolute Gasteiger partial charge is 0.101 e. The zero-order valence-corrected chi connectivity index (χ0v) is 11.2. The van der Waals surface area contributed by atoms with Crippen molar-refractivity contribution in [1.82, 2.24) is 15.3 Å². The molecule has 102 valence electrons. The molecule has 0 aliphatic heterocycles. The van der Waals surface area contributed by atoms with Gasteiger partial charge in [0.25, 0.3) is 0 Å². The van der Waals surface area contributed by atoms with Crippen molar-refractivity contribution in [3.8, 4) is 6.07 Å². The molecule has 2 aromatic heterocycles. The first-order valence-corrected chi connectivity index (χ1v) is 6.58. The lowest BCUT2D eigenvalue weighted by atomic mass is 10.2. The Morgan fingerprint density at radius 3 is 2.80 bits per heavy atom. The molecule has 0 radical (unpaired) electrons. The number of hydrogen-bond donors (Lipinski definition) is 2. The Morgan fingerprint density at radius 2 is 2.00 bits per heavy atom. The van der Waals surface area contributed by atoms with Gasteiger partial charge in [0, 0.05) is 31.7 Å². The van der Waals surface area contributed by atoms with Gasteiger partial charge in [0.15, 0.2) is 0 Å². The van der Waals surface area contributed by atoms with E-state index in [9.17, 15) is 0 Å². The number of anilines is 1. The SMILES string of the molecule is N#Cc1ccncc1NCCCNCc1cccnc1. The molecule has 0 saturated heterocycles. The molecule has 0 aliphatic carbocycles. The third-order valence-corrected chi connectivity index (χ3v) is 2.84. The van der Waals surface area contributed by atoms with Gasteiger partial charge in [-0.05, 0) is 30.7 Å². The second-order valence-electron chi connectivity index (χ2n) is 4.35. The van der Waals surface area contributed by atoms with E-state index in [0.29, 0.717) is 5.56 Å². The molecule has 2 aromatic rings. The summed E-state index contributed by atoms with van der Waals surface area (Å²) in [6.45, 7) is 2.54. The van der Waals surface area contributed by atoms with E-state index in [1.165, 1.54) is 5.56 Å². The Labute approximate surface area is 118 Å². The van der Waals surface area contributed by atoms with Crippen LogP contribution in [0.5, 0.6) is 0 Å². The standard InChI is InChI=1S/C15H17N5/c16-9-14-4-8-19-12-15(14)20-7-2-6-18-11-13-3-1-5-17-10-13/h1,3-5,8,10,12,18,20H,2,6-7,11H2. The van der Waals surface area contributed by atoms with E-state index in [2.05, 4.69) is 26.7 Å². The molecule has 2 heterocycles. The van der Waals surface area contributed by atoms with E-state index in [1.54, 1.807) is 24.7 Å². The Kier molecular flexibility index (Phi) is 5.50. The molecule has 0 fully saturated rings. The van der Waals surface area contributed by atoms with Gasteiger partial charge >= 0.3 is 0 Å². The Morgan fingerprint density at radius 1 is 1.10 bits per heavy atom. The predicted molar refractivity (Wildman–Crippen MR) is 78.0 cm³/mol. The van der Waals surface area contributed by atoms with Gasteiger partial charge in [-0.2, -0.15) is 5.26 Å². The summed E-state index contributed by atoms with van der Waals surface area (Å²) in [7, 11) is 0. The van der Waals surface area contributed by atoms with Crippen LogP contribution in [0, 0.1) is 11.3 Å². The van der Waals surface area contributed by atoms with Crippen LogP contribution in [0.15, 0.2) is 43.0 Å². The van der Waals surface area contributed by atoms with E-state index in [0.717, 1.165) is 31.7 Å². The monoisotopic (exact) mass is 267 g/mol. The molecule has 0 aliphatic rings. The van der Waals surface area contributed by atoms with Crippen LogP contribution in [0.25, 0.3) is 0 Å². The highest BCUT2D eigenvalue weighted by Crippen LogP contribution is 2.11. The van der Waals surface area contributed by atoms with Crippen molar-refractivity contribution in [2.45, 2.75) is 13.0 Å². The summed E-state index contributed by atoms with van der Waals surface area (Å²) in [4.78, 5) is 8.08. The predicted octanol–water partition coefficient (Wildman–Crippen LogP) is 1.94. The van der Waals surface area contributed by atoms with Crippen molar-refractivity contribution < 1.29 is 0 Å². The van der Waals surface area contributed by atoms with Crippen molar-refractivity contribution in [1.29, 1.82) is 5.26 Å². The largest absolute Gasteiger partial charge is 0.383 e. The second-order valence-corrected chi connectivity index (χ2v) is 4.35. The van der Waals surface area contributed by atoms with E-state index in [-0.39, 0.29) is 0 Å². The zero-order chi connectivity index (χ0) is 14.0. The van der Waals surface area contributed by atoms with Crippen LogP contribution in [0.1, 0.15) is 17.5 Å². The second kappa shape index (κ2) is 7.87. The third kappa shape index (κ3) is 4.34. The van der Waals surface area contributed by atoms with E-state index < -0.39 is 0 Å². The van der Waals surface area contributed by atoms with Gasteiger partial charge in [-0.3, -0.25) is 9.97 Å². The minimum atomic E-state index is 0.628. The lowest BCUT2D eigenvalue weighted by Gasteiger charge is -2.08. The number of pyridine rings is 2. The van der Waals surface area contributed by atoms with Crippen LogP contribution in [0.2, 0.25) is 0 Å². The van der Waals surface area contributed by atoms with Crippen LogP contribution in [0.4, 0.5) is 5.69 Å². The average molecular weight is 267 g/mol. The maximum Gasteiger partial charge on any atom is 0.101 e. The quantitative estimate of drug-likeness (QED) is 0.750. The molecule has 5 nitrogen and oxygen atoms in total. The Hall–Kier alpha value is -2.45. The highest BCUT2D eigenvalue weighted by Gasteiger charge is 1.99. The van der Waals surface area contributed by atoms with Crippen molar-refractivity contribution in [2.24, 2.45) is 0 Å². The summed E-state index contributed by atoms with van der Waals surface area (Å²) in [5, 5.41) is 15.5. The van der Waals surface area contributed by atoms with Crippen molar-refractivity contribution in [3.05, 3.63) is 54.1 Å². The fourth-order valence-electron chi connectivity index (χ4n) is 1.80. The minimum absolute atomic E-state index is 0.628. The highest BCUT2D eigenvalue weighted by molar-refractivity contribution is 5.55. The van der Waals surface area contributed by atoms with Gasteiger partial charge in [-0.15, -0.1) is 0 Å². The first-order chi connectivity index (χ1) is 9.90. The molecule has 2 N–H and O–H groups in total. The number of hydrogen-bond acceptors (Lipinski definition) is 5. The van der Waals surface area contributed by atoms with Crippen LogP contribution in [-0.2, 0) is 6.54 Å². The molecule has 0 bridgehead atoms. The summed E-state index contributed by atoms with van der Waals surface area (Å²) in [6.07, 6.45) is 7.91. The molecule has 0 saturated carbocycles. The van der Waals surface area contributed by atoms with Crippen molar-refractivity contribution >= 4 is 5.69 Å². The molecular formula is C15H17N5. The van der Waals surface area contributed by atoms with Crippen molar-refractivity contribution in [3.63, 3.8) is 0 Å². The molecule has 0 amide bonds. The summed E-state index contributed by atoms with van der Waals surface area (Å²) in [6, 6.07) is 7.84. The number of nitrogens with zero attached hydrogens (tertiary/aromatic N) is 3. The molecule has 0 unspecified atom stereocenters. The molecule has 5 heteroatoms. The summed E-state index contributed by atoms with van der Waals surface area (Å²) < 4.78 is 0. The molecule has 20 heavy (non-hydrogen) atoms. The zero-order valence-electron chi connectivity index (χ0n) is 11.2. The maximum absolute atomic E-state index is 8.95. The molecule has 0 aromatic carbocycles. The summed E-state index contributed by atoms with van der Waals surface area (Å²) in [5.41, 5.74) is 2.60. The lowest BCUT2D eigenvalue weighted by molar-refractivity contribution is 0.662. The fraction of sp³-hybridized carbons (Fsp3) is 0.267. The Bertz CT molecular complexity index is 562. The molecule has 0 atom stereocenters. The lowest BCUT2D eigenvalue weighted by Crippen LogP contribution is -2.18. The van der Waals surface area contributed by atoms with E-state index >= 15 is 0 Å². The average Bonchev–Trinajstić information content (AvgIpc) is 2.52. The summed E-state index contributed by atoms with van der Waals surface area (Å²) in [5.74, 6) is 0. The van der Waals surface area contributed by atoms with Crippen LogP contribution >= 0.6 is 0 Å². The van der Waals surface area contributed by atoms with Gasteiger partial charge in [-0.25, -0.2) is 0 Å². The van der Waals surface area contributed by atoms with Gasteiger partial charge in [0.1, 0.15) is 6.07 Å². The number of nitrogens with one attached hydrogen (secondary N) is 2. The van der Waals surface area contributed by atoms with Gasteiger partial charge < -0.3 is 10.6 Å². The normalized spacial score (nSPS) is 9.95. The third-order valence-electron chi connectivity index (χ3n) is 2.84. The molecular weight excluding hydrogens is 250 g/mol. The van der Waals surface area contributed by atoms with Crippen LogP contribution < -0.4 is 10.6 Å². The Balaban J connectivity index is 1.64. The van der Waals surface area contributed by atoms with E-state index in [4.69, 9.17) is 5.26 Å². The molecule has 2 rings (SSSR count). The first-order valence-electron chi connectivity index (χ1n) is 6.58. The number of rotatable bonds is 7. The fourth-order valence-corrected chi connectivity index (χ4v) is 1.80. The van der Waals surface area contributed by atoms with Crippen LogP contribution in [-0.4, -0.2) is 23.1 Å². The molecule has 0 spiro atoms. The number of nitriles is 1.